The van der Waals surface area contributed by atoms with Gasteiger partial charge in [0.25, 0.3) is 0 Å². The normalized spacial score (nSPS) is 11.2. The van der Waals surface area contributed by atoms with E-state index < -0.39 is 5.97 Å². The van der Waals surface area contributed by atoms with Gasteiger partial charge in [0.15, 0.2) is 5.16 Å². The summed E-state index contributed by atoms with van der Waals surface area (Å²) >= 11 is 1.43. The van der Waals surface area contributed by atoms with Crippen LogP contribution in [-0.2, 0) is 16.1 Å². The molecule has 2 rings (SSSR count). The third-order valence-corrected chi connectivity index (χ3v) is 3.76. The summed E-state index contributed by atoms with van der Waals surface area (Å²) in [5, 5.41) is 10.00. The van der Waals surface area contributed by atoms with Crippen LogP contribution in [0.5, 0.6) is 5.88 Å². The fraction of sp³-hybridized carbons (Fsp3) is 0.235. The first kappa shape index (κ1) is 17.8. The molecule has 2 aromatic rings. The zero-order valence-electron chi connectivity index (χ0n) is 13.6. The highest BCUT2D eigenvalue weighted by Gasteiger charge is 2.16. The molecular formula is C17H18N2O4S. The summed E-state index contributed by atoms with van der Waals surface area (Å²) in [6.45, 7) is 2.06. The first-order valence-corrected chi connectivity index (χ1v) is 8.35. The molecule has 0 atom stereocenters. The number of hydrogen-bond donors (Lipinski definition) is 1. The highest BCUT2D eigenvalue weighted by Crippen LogP contribution is 2.22. The number of aromatic nitrogens is 2. The maximum atomic E-state index is 11.8. The highest BCUT2D eigenvalue weighted by atomic mass is 32.2. The quantitative estimate of drug-likeness (QED) is 0.283. The molecular weight excluding hydrogens is 328 g/mol. The number of carbonyl (C=O) groups is 1. The fourth-order valence-electron chi connectivity index (χ4n) is 2.08. The molecule has 0 saturated carbocycles. The molecule has 0 fully saturated rings. The molecule has 0 aliphatic rings. The maximum absolute atomic E-state index is 11.8. The summed E-state index contributed by atoms with van der Waals surface area (Å²) in [4.78, 5) is 20.3. The molecule has 7 heteroatoms. The van der Waals surface area contributed by atoms with Crippen molar-refractivity contribution < 1.29 is 19.4 Å². The van der Waals surface area contributed by atoms with Crippen LogP contribution in [0.2, 0.25) is 0 Å². The Morgan fingerprint density at radius 2 is 2.08 bits per heavy atom. The summed E-state index contributed by atoms with van der Waals surface area (Å²) in [5.41, 5.74) is 2.15. The van der Waals surface area contributed by atoms with E-state index in [4.69, 9.17) is 9.47 Å². The van der Waals surface area contributed by atoms with Gasteiger partial charge in [0, 0.05) is 11.8 Å². The van der Waals surface area contributed by atoms with Crippen molar-refractivity contribution in [3.8, 4) is 5.88 Å². The summed E-state index contributed by atoms with van der Waals surface area (Å²) in [5.74, 6) is -0.165. The number of ether oxygens (including phenoxy) is 2. The molecule has 1 aromatic heterocycles. The van der Waals surface area contributed by atoms with E-state index in [1.165, 1.54) is 18.9 Å². The molecule has 0 amide bonds. The van der Waals surface area contributed by atoms with Gasteiger partial charge in [-0.2, -0.15) is 4.98 Å². The van der Waals surface area contributed by atoms with E-state index >= 15 is 0 Å². The molecule has 0 unspecified atom stereocenters. The van der Waals surface area contributed by atoms with Gasteiger partial charge in [-0.3, -0.25) is 0 Å². The first-order chi connectivity index (χ1) is 11.6. The first-order valence-electron chi connectivity index (χ1n) is 7.12. The molecule has 0 bridgehead atoms. The van der Waals surface area contributed by atoms with Crippen LogP contribution < -0.4 is 4.74 Å². The molecule has 0 saturated heterocycles. The fourth-order valence-corrected chi connectivity index (χ4v) is 2.50. The number of carbonyl (C=O) groups excluding carboxylic acids is 1. The zero-order chi connectivity index (χ0) is 17.5. The van der Waals surface area contributed by atoms with Gasteiger partial charge in [0.1, 0.15) is 12.2 Å². The summed E-state index contributed by atoms with van der Waals surface area (Å²) in [7, 11) is 1.26. The SMILES string of the molecule is COC(=O)C(=CO)c1ccccc1COc1cc(C)nc(SC)n1. The average molecular weight is 346 g/mol. The Morgan fingerprint density at radius 1 is 1.33 bits per heavy atom. The Hall–Kier alpha value is -2.54. The van der Waals surface area contributed by atoms with E-state index in [0.29, 0.717) is 16.6 Å². The van der Waals surface area contributed by atoms with E-state index in [1.807, 2.05) is 25.3 Å². The van der Waals surface area contributed by atoms with E-state index in [9.17, 15) is 9.90 Å². The van der Waals surface area contributed by atoms with Gasteiger partial charge in [-0.15, -0.1) is 0 Å². The van der Waals surface area contributed by atoms with Crippen LogP contribution in [0.15, 0.2) is 41.8 Å². The lowest BCUT2D eigenvalue weighted by Gasteiger charge is -2.12. The number of hydrogen-bond acceptors (Lipinski definition) is 7. The molecule has 0 aliphatic carbocycles. The predicted molar refractivity (Wildman–Crippen MR) is 91.9 cm³/mol. The van der Waals surface area contributed by atoms with Crippen LogP contribution in [0.4, 0.5) is 0 Å². The molecule has 0 radical (unpaired) electrons. The molecule has 1 N–H and O–H groups in total. The lowest BCUT2D eigenvalue weighted by molar-refractivity contribution is -0.133. The van der Waals surface area contributed by atoms with Crippen molar-refractivity contribution in [1.29, 1.82) is 0 Å². The highest BCUT2D eigenvalue weighted by molar-refractivity contribution is 7.98. The van der Waals surface area contributed by atoms with Crippen LogP contribution in [0.25, 0.3) is 5.57 Å². The Bertz CT molecular complexity index is 762. The lowest BCUT2D eigenvalue weighted by atomic mass is 10.0. The maximum Gasteiger partial charge on any atom is 0.341 e. The number of aryl methyl sites for hydroxylation is 1. The van der Waals surface area contributed by atoms with Gasteiger partial charge in [-0.1, -0.05) is 36.0 Å². The van der Waals surface area contributed by atoms with E-state index in [0.717, 1.165) is 17.5 Å². The van der Waals surface area contributed by atoms with Crippen molar-refractivity contribution in [2.45, 2.75) is 18.7 Å². The molecule has 126 valence electrons. The minimum Gasteiger partial charge on any atom is -0.515 e. The number of benzene rings is 1. The van der Waals surface area contributed by atoms with Crippen LogP contribution in [0.1, 0.15) is 16.8 Å². The van der Waals surface area contributed by atoms with Crippen molar-refractivity contribution in [3.63, 3.8) is 0 Å². The molecule has 6 nitrogen and oxygen atoms in total. The monoisotopic (exact) mass is 346 g/mol. The largest absolute Gasteiger partial charge is 0.515 e. The smallest absolute Gasteiger partial charge is 0.341 e. The van der Waals surface area contributed by atoms with Crippen LogP contribution in [0.3, 0.4) is 0 Å². The second-order valence-electron chi connectivity index (χ2n) is 4.81. The minimum atomic E-state index is -0.618. The summed E-state index contributed by atoms with van der Waals surface area (Å²) in [6, 6.07) is 8.87. The van der Waals surface area contributed by atoms with Crippen molar-refractivity contribution >= 4 is 23.3 Å². The van der Waals surface area contributed by atoms with Gasteiger partial charge >= 0.3 is 5.97 Å². The van der Waals surface area contributed by atoms with Crippen LogP contribution in [0, 0.1) is 6.92 Å². The number of thioether (sulfide) groups is 1. The number of aliphatic hydroxyl groups excluding tert-OH is 1. The Morgan fingerprint density at radius 3 is 2.75 bits per heavy atom. The topological polar surface area (TPSA) is 81.5 Å². The van der Waals surface area contributed by atoms with Crippen LogP contribution in [-0.4, -0.2) is 34.4 Å². The number of aliphatic hydroxyl groups is 1. The number of methoxy groups -OCH3 is 1. The minimum absolute atomic E-state index is 0.0698. The van der Waals surface area contributed by atoms with Crippen molar-refractivity contribution in [2.75, 3.05) is 13.4 Å². The average Bonchev–Trinajstić information content (AvgIpc) is 2.60. The molecule has 1 heterocycles. The zero-order valence-corrected chi connectivity index (χ0v) is 14.5. The Balaban J connectivity index is 2.25. The molecule has 24 heavy (non-hydrogen) atoms. The van der Waals surface area contributed by atoms with Gasteiger partial charge < -0.3 is 14.6 Å². The van der Waals surface area contributed by atoms with Crippen molar-refractivity contribution in [2.24, 2.45) is 0 Å². The summed E-state index contributed by atoms with van der Waals surface area (Å²) < 4.78 is 10.4. The van der Waals surface area contributed by atoms with E-state index in [-0.39, 0.29) is 12.2 Å². The Kier molecular flexibility index (Phi) is 6.20. The van der Waals surface area contributed by atoms with Crippen molar-refractivity contribution in [1.82, 2.24) is 9.97 Å². The summed E-state index contributed by atoms with van der Waals surface area (Å²) in [6.07, 6.45) is 2.63. The second-order valence-corrected chi connectivity index (χ2v) is 5.59. The Labute approximate surface area is 144 Å². The lowest BCUT2D eigenvalue weighted by Crippen LogP contribution is -2.08. The van der Waals surface area contributed by atoms with Crippen LogP contribution >= 0.6 is 11.8 Å². The van der Waals surface area contributed by atoms with Crippen molar-refractivity contribution in [3.05, 3.63) is 53.4 Å². The van der Waals surface area contributed by atoms with Gasteiger partial charge in [0.05, 0.1) is 13.4 Å². The number of rotatable bonds is 6. The second kappa shape index (κ2) is 8.35. The van der Waals surface area contributed by atoms with E-state index in [1.54, 1.807) is 18.2 Å². The number of nitrogens with zero attached hydrogens (tertiary/aromatic N) is 2. The number of esters is 1. The molecule has 0 aliphatic heterocycles. The molecule has 1 aromatic carbocycles. The van der Waals surface area contributed by atoms with Gasteiger partial charge in [0.2, 0.25) is 5.88 Å². The van der Waals surface area contributed by atoms with Gasteiger partial charge in [-0.05, 0) is 24.3 Å². The van der Waals surface area contributed by atoms with E-state index in [2.05, 4.69) is 9.97 Å². The third-order valence-electron chi connectivity index (χ3n) is 3.21. The third kappa shape index (κ3) is 4.26. The van der Waals surface area contributed by atoms with Gasteiger partial charge in [-0.25, -0.2) is 9.78 Å². The molecule has 0 spiro atoms. The predicted octanol–water partition coefficient (Wildman–Crippen LogP) is 3.16. The standard InChI is InChI=1S/C17H18N2O4S/c1-11-8-15(19-17(18-11)24-3)23-10-12-6-4-5-7-13(12)14(9-20)16(21)22-2/h4-9,20H,10H2,1-3H3.